The van der Waals surface area contributed by atoms with E-state index in [1.165, 1.54) is 4.90 Å². The Morgan fingerprint density at radius 3 is 2.28 bits per heavy atom. The number of nitrogens with one attached hydrogen (secondary N) is 2. The van der Waals surface area contributed by atoms with Gasteiger partial charge in [-0.1, -0.05) is 59.7 Å². The van der Waals surface area contributed by atoms with Crippen LogP contribution in [0, 0.1) is 13.8 Å². The normalized spacial score (nSPS) is 19.1. The summed E-state index contributed by atoms with van der Waals surface area (Å²) in [6.07, 6.45) is 0.552. The molecule has 7 nitrogen and oxygen atoms in total. The van der Waals surface area contributed by atoms with Crippen molar-refractivity contribution in [2.24, 2.45) is 0 Å². The fraction of sp³-hybridized carbons (Fsp3) is 0.276. The summed E-state index contributed by atoms with van der Waals surface area (Å²) < 4.78 is 5.76. The lowest BCUT2D eigenvalue weighted by Gasteiger charge is -2.24. The molecule has 1 saturated carbocycles. The number of anilines is 1. The number of ether oxygens (including phenoxy) is 1. The number of hydrogen-bond acceptors (Lipinski definition) is 4. The minimum atomic E-state index is -0.817. The van der Waals surface area contributed by atoms with Crippen molar-refractivity contribution in [3.8, 4) is 0 Å². The average Bonchev–Trinajstić information content (AvgIpc) is 3.62. The number of carbonyl (C=O) groups is 3. The van der Waals surface area contributed by atoms with Gasteiger partial charge in [0.15, 0.2) is 12.1 Å². The van der Waals surface area contributed by atoms with Crippen molar-refractivity contribution < 1.29 is 19.1 Å². The quantitative estimate of drug-likeness (QED) is 0.501. The van der Waals surface area contributed by atoms with Gasteiger partial charge in [0.05, 0.1) is 6.54 Å². The van der Waals surface area contributed by atoms with Gasteiger partial charge in [0, 0.05) is 17.3 Å². The number of cyclic esters (lactones) is 1. The molecule has 3 aromatic rings. The van der Waals surface area contributed by atoms with Crippen LogP contribution in [0.5, 0.6) is 0 Å². The van der Waals surface area contributed by atoms with E-state index in [1.807, 2.05) is 56.3 Å². The second-order valence-electron chi connectivity index (χ2n) is 9.59. The molecule has 1 aliphatic carbocycles. The summed E-state index contributed by atoms with van der Waals surface area (Å²) in [6, 6.07) is 21.6. The number of nitrogens with zero attached hydrogens (tertiary/aromatic N) is 1. The molecule has 7 heteroatoms. The maximum atomic E-state index is 13.3. The van der Waals surface area contributed by atoms with E-state index < -0.39 is 18.2 Å². The Morgan fingerprint density at radius 1 is 0.944 bits per heavy atom. The van der Waals surface area contributed by atoms with Gasteiger partial charge in [-0.05, 0) is 62.1 Å². The summed E-state index contributed by atoms with van der Waals surface area (Å²) in [7, 11) is 0. The summed E-state index contributed by atoms with van der Waals surface area (Å²) >= 11 is 0. The number of hydrogen-bond donors (Lipinski definition) is 2. The summed E-state index contributed by atoms with van der Waals surface area (Å²) in [4.78, 5) is 40.5. The number of rotatable bonds is 7. The standard InChI is InChI=1S/C29H29N3O4/c1-18-6-10-20(11-7-18)17-32-25(28(34)30-23-14-15-23)26(36-29(32)35)22-4-3-5-24(16-22)31-27(33)21-12-8-19(2)9-13-21/h3-13,16,23,25-26H,14-15,17H2,1-2H3,(H,30,34)(H,31,33)/t25-,26+/m1/s1. The molecule has 1 aliphatic heterocycles. The fourth-order valence-corrected chi connectivity index (χ4v) is 4.32. The Hall–Kier alpha value is -4.13. The highest BCUT2D eigenvalue weighted by molar-refractivity contribution is 6.04. The highest BCUT2D eigenvalue weighted by atomic mass is 16.6. The van der Waals surface area contributed by atoms with Crippen molar-refractivity contribution in [1.82, 2.24) is 10.2 Å². The molecule has 184 valence electrons. The second kappa shape index (κ2) is 9.85. The molecular weight excluding hydrogens is 454 g/mol. The van der Waals surface area contributed by atoms with Gasteiger partial charge in [-0.2, -0.15) is 0 Å². The van der Waals surface area contributed by atoms with Gasteiger partial charge >= 0.3 is 6.09 Å². The van der Waals surface area contributed by atoms with Crippen LogP contribution >= 0.6 is 0 Å². The zero-order valence-electron chi connectivity index (χ0n) is 20.4. The maximum absolute atomic E-state index is 13.3. The molecule has 0 unspecified atom stereocenters. The molecule has 36 heavy (non-hydrogen) atoms. The first-order valence-electron chi connectivity index (χ1n) is 12.2. The highest BCUT2D eigenvalue weighted by Crippen LogP contribution is 2.35. The van der Waals surface area contributed by atoms with Crippen molar-refractivity contribution >= 4 is 23.6 Å². The van der Waals surface area contributed by atoms with Crippen molar-refractivity contribution in [2.75, 3.05) is 5.32 Å². The third kappa shape index (κ3) is 5.25. The van der Waals surface area contributed by atoms with Crippen LogP contribution in [0.25, 0.3) is 0 Å². The molecule has 2 fully saturated rings. The average molecular weight is 484 g/mol. The molecule has 0 bridgehead atoms. The molecule has 0 spiro atoms. The Morgan fingerprint density at radius 2 is 1.61 bits per heavy atom. The minimum absolute atomic E-state index is 0.148. The Balaban J connectivity index is 1.39. The molecule has 3 aromatic carbocycles. The molecule has 2 N–H and O–H groups in total. The summed E-state index contributed by atoms with van der Waals surface area (Å²) in [5.41, 5.74) is 4.86. The van der Waals surface area contributed by atoms with Gasteiger partial charge in [0.2, 0.25) is 5.91 Å². The van der Waals surface area contributed by atoms with Gasteiger partial charge in [0.1, 0.15) is 0 Å². The number of benzene rings is 3. The SMILES string of the molecule is Cc1ccc(CN2C(=O)O[C@@H](c3cccc(NC(=O)c4ccc(C)cc4)c3)[C@@H]2C(=O)NC2CC2)cc1. The number of carbonyl (C=O) groups excluding carboxylic acids is 3. The monoisotopic (exact) mass is 483 g/mol. The number of aryl methyl sites for hydroxylation is 2. The van der Waals surface area contributed by atoms with Crippen molar-refractivity contribution in [3.63, 3.8) is 0 Å². The second-order valence-corrected chi connectivity index (χ2v) is 9.59. The molecule has 1 heterocycles. The van der Waals surface area contributed by atoms with Gasteiger partial charge in [-0.3, -0.25) is 14.5 Å². The van der Waals surface area contributed by atoms with E-state index >= 15 is 0 Å². The van der Waals surface area contributed by atoms with Crippen molar-refractivity contribution in [1.29, 1.82) is 0 Å². The third-order valence-electron chi connectivity index (χ3n) is 6.54. The van der Waals surface area contributed by atoms with Crippen molar-refractivity contribution in [3.05, 3.63) is 101 Å². The van der Waals surface area contributed by atoms with Crippen LogP contribution in [-0.2, 0) is 16.1 Å². The highest BCUT2D eigenvalue weighted by Gasteiger charge is 2.48. The van der Waals surface area contributed by atoms with E-state index in [0.717, 1.165) is 29.5 Å². The predicted octanol–water partition coefficient (Wildman–Crippen LogP) is 4.90. The largest absolute Gasteiger partial charge is 0.438 e. The molecule has 2 aliphatic rings. The lowest BCUT2D eigenvalue weighted by atomic mass is 10.00. The van der Waals surface area contributed by atoms with Crippen LogP contribution in [0.2, 0.25) is 0 Å². The van der Waals surface area contributed by atoms with E-state index in [-0.39, 0.29) is 24.4 Å². The lowest BCUT2D eigenvalue weighted by Crippen LogP contribution is -2.46. The summed E-state index contributed by atoms with van der Waals surface area (Å²) in [5.74, 6) is -0.464. The topological polar surface area (TPSA) is 87.7 Å². The first kappa shape index (κ1) is 23.6. The number of amides is 3. The van der Waals surface area contributed by atoms with Crippen LogP contribution in [-0.4, -0.2) is 34.9 Å². The van der Waals surface area contributed by atoms with Crippen LogP contribution in [0.1, 0.15) is 51.6 Å². The minimum Gasteiger partial charge on any atom is -0.438 e. The molecule has 0 aromatic heterocycles. The lowest BCUT2D eigenvalue weighted by molar-refractivity contribution is -0.126. The first-order valence-corrected chi connectivity index (χ1v) is 12.2. The van der Waals surface area contributed by atoms with Gasteiger partial charge in [-0.25, -0.2) is 4.79 Å². The Kier molecular flexibility index (Phi) is 6.46. The van der Waals surface area contributed by atoms with E-state index in [1.54, 1.807) is 30.3 Å². The van der Waals surface area contributed by atoms with E-state index in [2.05, 4.69) is 10.6 Å². The van der Waals surface area contributed by atoms with Gasteiger partial charge < -0.3 is 15.4 Å². The van der Waals surface area contributed by atoms with Gasteiger partial charge in [0.25, 0.3) is 5.91 Å². The fourth-order valence-electron chi connectivity index (χ4n) is 4.32. The molecule has 5 rings (SSSR count). The Labute approximate surface area is 210 Å². The smallest absolute Gasteiger partial charge is 0.411 e. The Bertz CT molecular complexity index is 1280. The maximum Gasteiger partial charge on any atom is 0.411 e. The molecule has 1 saturated heterocycles. The molecule has 0 radical (unpaired) electrons. The van der Waals surface area contributed by atoms with E-state index in [0.29, 0.717) is 16.8 Å². The van der Waals surface area contributed by atoms with Crippen LogP contribution < -0.4 is 10.6 Å². The zero-order valence-corrected chi connectivity index (χ0v) is 20.4. The zero-order chi connectivity index (χ0) is 25.2. The molecular formula is C29H29N3O4. The van der Waals surface area contributed by atoms with Crippen LogP contribution in [0.4, 0.5) is 10.5 Å². The van der Waals surface area contributed by atoms with Crippen molar-refractivity contribution in [2.45, 2.75) is 51.4 Å². The predicted molar refractivity (Wildman–Crippen MR) is 136 cm³/mol. The third-order valence-corrected chi connectivity index (χ3v) is 6.54. The van der Waals surface area contributed by atoms with E-state index in [4.69, 9.17) is 4.74 Å². The molecule has 2 atom stereocenters. The van der Waals surface area contributed by atoms with E-state index in [9.17, 15) is 14.4 Å². The van der Waals surface area contributed by atoms with Crippen LogP contribution in [0.15, 0.2) is 72.8 Å². The molecule has 3 amide bonds. The van der Waals surface area contributed by atoms with Gasteiger partial charge in [-0.15, -0.1) is 0 Å². The summed E-state index contributed by atoms with van der Waals surface area (Å²) in [6.45, 7) is 4.23. The van der Waals surface area contributed by atoms with Crippen LogP contribution in [0.3, 0.4) is 0 Å². The summed E-state index contributed by atoms with van der Waals surface area (Å²) in [5, 5.41) is 5.93. The first-order chi connectivity index (χ1) is 17.4.